The van der Waals surface area contributed by atoms with Crippen molar-refractivity contribution in [3.8, 4) is 0 Å². The summed E-state index contributed by atoms with van der Waals surface area (Å²) in [5.74, 6) is 2.51. The van der Waals surface area contributed by atoms with Crippen LogP contribution in [0, 0.1) is 6.92 Å². The third-order valence-corrected chi connectivity index (χ3v) is 4.53. The van der Waals surface area contributed by atoms with Crippen molar-refractivity contribution < 1.29 is 4.79 Å². The summed E-state index contributed by atoms with van der Waals surface area (Å²) < 4.78 is 0. The van der Waals surface area contributed by atoms with E-state index in [0.29, 0.717) is 12.6 Å². The highest BCUT2D eigenvalue weighted by Gasteiger charge is 2.12. The molecule has 1 fully saturated rings. The Morgan fingerprint density at radius 1 is 1.32 bits per heavy atom. The van der Waals surface area contributed by atoms with Gasteiger partial charge in [0, 0.05) is 30.4 Å². The fourth-order valence-electron chi connectivity index (χ4n) is 2.16. The van der Waals surface area contributed by atoms with E-state index in [0.717, 1.165) is 12.1 Å². The molecular weight excluding hydrogens is 256 g/mol. The number of aryl methyl sites for hydroxylation is 1. The summed E-state index contributed by atoms with van der Waals surface area (Å²) in [6, 6.07) is 8.29. The molecule has 1 aromatic carbocycles. The van der Waals surface area contributed by atoms with Crippen LogP contribution in [-0.2, 0) is 0 Å². The molecule has 0 spiro atoms. The molecule has 1 unspecified atom stereocenters. The SMILES string of the molecule is Cc1ccc(C(=O)NCCNC2CCCSC2)cc1. The van der Waals surface area contributed by atoms with Gasteiger partial charge in [0.05, 0.1) is 0 Å². The lowest BCUT2D eigenvalue weighted by Crippen LogP contribution is -2.39. The van der Waals surface area contributed by atoms with Gasteiger partial charge in [0.25, 0.3) is 5.91 Å². The number of carbonyl (C=O) groups excluding carboxylic acids is 1. The Labute approximate surface area is 119 Å². The summed E-state index contributed by atoms with van der Waals surface area (Å²) in [7, 11) is 0. The van der Waals surface area contributed by atoms with Crippen molar-refractivity contribution in [3.63, 3.8) is 0 Å². The molecule has 0 aliphatic carbocycles. The highest BCUT2D eigenvalue weighted by Crippen LogP contribution is 2.16. The van der Waals surface area contributed by atoms with Crippen molar-refractivity contribution in [2.24, 2.45) is 0 Å². The maximum Gasteiger partial charge on any atom is 0.251 e. The van der Waals surface area contributed by atoms with Gasteiger partial charge in [-0.05, 0) is 37.7 Å². The molecule has 1 heterocycles. The monoisotopic (exact) mass is 278 g/mol. The first kappa shape index (κ1) is 14.4. The van der Waals surface area contributed by atoms with Gasteiger partial charge in [-0.1, -0.05) is 17.7 Å². The minimum Gasteiger partial charge on any atom is -0.351 e. The number of rotatable bonds is 5. The minimum atomic E-state index is 0.0137. The number of amides is 1. The van der Waals surface area contributed by atoms with Crippen molar-refractivity contribution in [1.29, 1.82) is 0 Å². The van der Waals surface area contributed by atoms with Crippen molar-refractivity contribution >= 4 is 17.7 Å². The van der Waals surface area contributed by atoms with Crippen molar-refractivity contribution in [1.82, 2.24) is 10.6 Å². The normalized spacial score (nSPS) is 19.1. The van der Waals surface area contributed by atoms with E-state index in [1.807, 2.05) is 43.0 Å². The maximum atomic E-state index is 11.9. The van der Waals surface area contributed by atoms with Gasteiger partial charge < -0.3 is 10.6 Å². The number of benzene rings is 1. The van der Waals surface area contributed by atoms with Gasteiger partial charge in [-0.25, -0.2) is 0 Å². The summed E-state index contributed by atoms with van der Waals surface area (Å²) in [5, 5.41) is 6.45. The Bertz CT molecular complexity index is 399. The molecule has 0 aromatic heterocycles. The fourth-order valence-corrected chi connectivity index (χ4v) is 3.27. The third kappa shape index (κ3) is 4.88. The Balaban J connectivity index is 1.64. The third-order valence-electron chi connectivity index (χ3n) is 3.32. The molecule has 1 aliphatic rings. The van der Waals surface area contributed by atoms with Crippen molar-refractivity contribution in [2.45, 2.75) is 25.8 Å². The van der Waals surface area contributed by atoms with Crippen LogP contribution in [0.2, 0.25) is 0 Å². The zero-order valence-electron chi connectivity index (χ0n) is 11.4. The van der Waals surface area contributed by atoms with Crippen LogP contribution in [0.3, 0.4) is 0 Å². The molecule has 1 aromatic rings. The molecule has 4 heteroatoms. The van der Waals surface area contributed by atoms with E-state index < -0.39 is 0 Å². The second-order valence-corrected chi connectivity index (χ2v) is 6.14. The maximum absolute atomic E-state index is 11.9. The van der Waals surface area contributed by atoms with Crippen LogP contribution in [-0.4, -0.2) is 36.5 Å². The van der Waals surface area contributed by atoms with Gasteiger partial charge in [-0.2, -0.15) is 11.8 Å². The number of nitrogens with one attached hydrogen (secondary N) is 2. The van der Waals surface area contributed by atoms with Crippen molar-refractivity contribution in [3.05, 3.63) is 35.4 Å². The predicted molar refractivity (Wildman–Crippen MR) is 81.9 cm³/mol. The van der Waals surface area contributed by atoms with Crippen LogP contribution in [0.1, 0.15) is 28.8 Å². The van der Waals surface area contributed by atoms with Crippen molar-refractivity contribution in [2.75, 3.05) is 24.6 Å². The minimum absolute atomic E-state index is 0.0137. The second-order valence-electron chi connectivity index (χ2n) is 4.99. The molecular formula is C15H22N2OS. The highest BCUT2D eigenvalue weighted by molar-refractivity contribution is 7.99. The van der Waals surface area contributed by atoms with E-state index >= 15 is 0 Å². The standard InChI is InChI=1S/C15H22N2OS/c1-12-4-6-13(7-5-12)15(18)17-9-8-16-14-3-2-10-19-11-14/h4-7,14,16H,2-3,8-11H2,1H3,(H,17,18). The van der Waals surface area contributed by atoms with E-state index in [-0.39, 0.29) is 5.91 Å². The average molecular weight is 278 g/mol. The lowest BCUT2D eigenvalue weighted by Gasteiger charge is -2.22. The summed E-state index contributed by atoms with van der Waals surface area (Å²) in [6.45, 7) is 3.56. The zero-order chi connectivity index (χ0) is 13.5. The first-order valence-corrected chi connectivity index (χ1v) is 8.07. The second kappa shape index (κ2) is 7.56. The molecule has 0 saturated carbocycles. The van der Waals surface area contributed by atoms with Gasteiger partial charge in [-0.3, -0.25) is 4.79 Å². The van der Waals surface area contributed by atoms with Gasteiger partial charge in [0.15, 0.2) is 0 Å². The van der Waals surface area contributed by atoms with Gasteiger partial charge in [0.1, 0.15) is 0 Å². The van der Waals surface area contributed by atoms with E-state index in [4.69, 9.17) is 0 Å². The molecule has 3 nitrogen and oxygen atoms in total. The molecule has 1 amide bonds. The Kier molecular flexibility index (Phi) is 5.73. The molecule has 1 atom stereocenters. The molecule has 0 radical (unpaired) electrons. The molecule has 19 heavy (non-hydrogen) atoms. The van der Waals surface area contributed by atoms with E-state index in [2.05, 4.69) is 10.6 Å². The topological polar surface area (TPSA) is 41.1 Å². The number of carbonyl (C=O) groups is 1. The molecule has 0 bridgehead atoms. The highest BCUT2D eigenvalue weighted by atomic mass is 32.2. The molecule has 1 aliphatic heterocycles. The van der Waals surface area contributed by atoms with Crippen LogP contribution < -0.4 is 10.6 Å². The lowest BCUT2D eigenvalue weighted by atomic mass is 10.1. The van der Waals surface area contributed by atoms with Crippen LogP contribution in [0.25, 0.3) is 0 Å². The zero-order valence-corrected chi connectivity index (χ0v) is 12.3. The summed E-state index contributed by atoms with van der Waals surface area (Å²) >= 11 is 2.02. The largest absolute Gasteiger partial charge is 0.351 e. The Morgan fingerprint density at radius 3 is 2.79 bits per heavy atom. The van der Waals surface area contributed by atoms with Gasteiger partial charge in [-0.15, -0.1) is 0 Å². The van der Waals surface area contributed by atoms with E-state index in [1.165, 1.54) is 29.9 Å². The van der Waals surface area contributed by atoms with Crippen LogP contribution in [0.5, 0.6) is 0 Å². The van der Waals surface area contributed by atoms with Crippen LogP contribution in [0.4, 0.5) is 0 Å². The van der Waals surface area contributed by atoms with E-state index in [1.54, 1.807) is 0 Å². The molecule has 104 valence electrons. The summed E-state index contributed by atoms with van der Waals surface area (Å²) in [6.07, 6.45) is 2.57. The average Bonchev–Trinajstić information content (AvgIpc) is 2.45. The predicted octanol–water partition coefficient (Wildman–Crippen LogP) is 2.21. The molecule has 2 N–H and O–H groups in total. The van der Waals surface area contributed by atoms with Gasteiger partial charge in [0.2, 0.25) is 0 Å². The summed E-state index contributed by atoms with van der Waals surface area (Å²) in [4.78, 5) is 11.9. The number of thioether (sulfide) groups is 1. The molecule has 1 saturated heterocycles. The van der Waals surface area contributed by atoms with Gasteiger partial charge >= 0.3 is 0 Å². The van der Waals surface area contributed by atoms with Crippen LogP contribution >= 0.6 is 11.8 Å². The Morgan fingerprint density at radius 2 is 2.11 bits per heavy atom. The first-order valence-electron chi connectivity index (χ1n) is 6.92. The van der Waals surface area contributed by atoms with Crippen LogP contribution in [0.15, 0.2) is 24.3 Å². The summed E-state index contributed by atoms with van der Waals surface area (Å²) in [5.41, 5.74) is 1.91. The van der Waals surface area contributed by atoms with E-state index in [9.17, 15) is 4.79 Å². The Hall–Kier alpha value is -1.00. The number of hydrogen-bond acceptors (Lipinski definition) is 3. The molecule has 2 rings (SSSR count). The number of hydrogen-bond donors (Lipinski definition) is 2. The quantitative estimate of drug-likeness (QED) is 0.811. The lowest BCUT2D eigenvalue weighted by molar-refractivity contribution is 0.0953. The fraction of sp³-hybridized carbons (Fsp3) is 0.533. The smallest absolute Gasteiger partial charge is 0.251 e. The first-order chi connectivity index (χ1) is 9.25.